The Morgan fingerprint density at radius 1 is 1.10 bits per heavy atom. The van der Waals surface area contributed by atoms with Crippen molar-refractivity contribution in [3.05, 3.63) is 90.1 Å². The number of nitriles is 1. The number of amides is 1. The minimum absolute atomic E-state index is 0.0151. The number of fused-ring (bicyclic) bond motifs is 1. The highest BCUT2D eigenvalue weighted by Crippen LogP contribution is 2.41. The highest BCUT2D eigenvalue weighted by molar-refractivity contribution is 7.20. The van der Waals surface area contributed by atoms with Gasteiger partial charge in [-0.3, -0.25) is 4.98 Å². The van der Waals surface area contributed by atoms with Gasteiger partial charge in [0.15, 0.2) is 0 Å². The molecule has 2 aromatic carbocycles. The number of benzene rings is 2. The number of aromatic nitrogens is 4. The van der Waals surface area contributed by atoms with Crippen LogP contribution in [0.4, 0.5) is 26.2 Å². The van der Waals surface area contributed by atoms with Crippen LogP contribution in [0.1, 0.15) is 62.5 Å². The second-order valence-electron chi connectivity index (χ2n) is 12.4. The van der Waals surface area contributed by atoms with E-state index in [1.807, 2.05) is 31.6 Å². The fourth-order valence-electron chi connectivity index (χ4n) is 5.55. The monoisotopic (exact) mass is 760 g/mol. The average Bonchev–Trinajstić information content (AvgIpc) is 3.67. The van der Waals surface area contributed by atoms with Gasteiger partial charge in [0.25, 0.3) is 0 Å². The zero-order valence-corrected chi connectivity index (χ0v) is 30.2. The number of piperidine rings is 1. The van der Waals surface area contributed by atoms with Gasteiger partial charge in [-0.25, -0.2) is 13.9 Å². The van der Waals surface area contributed by atoms with E-state index in [4.69, 9.17) is 51.1 Å². The quantitative estimate of drug-likeness (QED) is 0.168. The van der Waals surface area contributed by atoms with Gasteiger partial charge in [0.05, 0.1) is 49.4 Å². The number of nitrogens with one attached hydrogen (secondary N) is 2. The Morgan fingerprint density at radius 2 is 1.84 bits per heavy atom. The molecule has 10 nitrogen and oxygen atoms in total. The number of thiophene rings is 1. The third kappa shape index (κ3) is 7.82. The molecule has 1 aliphatic heterocycles. The summed E-state index contributed by atoms with van der Waals surface area (Å²) in [6, 6.07) is 11.0. The van der Waals surface area contributed by atoms with Crippen LogP contribution in [0.15, 0.2) is 48.8 Å². The number of rotatable bonds is 7. The maximum atomic E-state index is 13.9. The lowest BCUT2D eigenvalue weighted by atomic mass is 10.0. The zero-order chi connectivity index (χ0) is 35.0. The van der Waals surface area contributed by atoms with Crippen LogP contribution in [0.2, 0.25) is 18.7 Å². The lowest BCUT2D eigenvalue weighted by Crippen LogP contribution is -2.42. The Labute approximate surface area is 305 Å². The minimum Gasteiger partial charge on any atom is -0.444 e. The van der Waals surface area contributed by atoms with Crippen LogP contribution in [0.25, 0.3) is 10.9 Å². The molecule has 1 aliphatic rings. The maximum absolute atomic E-state index is 13.9. The first-order valence-electron chi connectivity index (χ1n) is 15.1. The van der Waals surface area contributed by atoms with Gasteiger partial charge in [-0.2, -0.15) is 5.26 Å². The second kappa shape index (κ2) is 14.2. The van der Waals surface area contributed by atoms with Gasteiger partial charge in [-0.15, -0.1) is 16.4 Å². The molecule has 254 valence electrons. The Bertz CT molecular complexity index is 2090. The van der Waals surface area contributed by atoms with Crippen molar-refractivity contribution in [2.75, 3.05) is 23.7 Å². The minimum atomic E-state index is -0.597. The normalized spacial score (nSPS) is 14.5. The molecule has 2 N–H and O–H groups in total. The fraction of sp³-hybridized carbons (Fsp3) is 0.303. The summed E-state index contributed by atoms with van der Waals surface area (Å²) >= 11 is 27.1. The van der Waals surface area contributed by atoms with Crippen LogP contribution in [-0.4, -0.2) is 49.7 Å². The van der Waals surface area contributed by atoms with Gasteiger partial charge >= 0.3 is 6.09 Å². The number of ether oxygens (including phenoxy) is 1. The molecule has 0 unspecified atom stereocenters. The van der Waals surface area contributed by atoms with E-state index in [9.17, 15) is 14.4 Å². The van der Waals surface area contributed by atoms with Gasteiger partial charge in [0, 0.05) is 41.6 Å². The summed E-state index contributed by atoms with van der Waals surface area (Å²) in [7, 11) is 0. The molecule has 3 aromatic heterocycles. The van der Waals surface area contributed by atoms with Crippen molar-refractivity contribution in [1.82, 2.24) is 24.9 Å². The lowest BCUT2D eigenvalue weighted by molar-refractivity contribution is 0.0184. The molecule has 0 radical (unpaired) electrons. The molecule has 0 bridgehead atoms. The molecular weight excluding hydrogens is 733 g/mol. The highest BCUT2D eigenvalue weighted by Gasteiger charge is 2.30. The van der Waals surface area contributed by atoms with Gasteiger partial charge in [-0.1, -0.05) is 51.6 Å². The largest absolute Gasteiger partial charge is 0.444 e. The number of nitrogens with zero attached hydrogens (tertiary/aromatic N) is 6. The molecule has 6 rings (SSSR count). The van der Waals surface area contributed by atoms with E-state index in [1.165, 1.54) is 35.7 Å². The van der Waals surface area contributed by atoms with E-state index in [1.54, 1.807) is 23.1 Å². The van der Waals surface area contributed by atoms with E-state index >= 15 is 0 Å². The predicted molar refractivity (Wildman–Crippen MR) is 192 cm³/mol. The van der Waals surface area contributed by atoms with Crippen molar-refractivity contribution in [3.63, 3.8) is 0 Å². The topological polar surface area (TPSA) is 121 Å². The number of carbonyl (C=O) groups is 1. The van der Waals surface area contributed by atoms with Crippen molar-refractivity contribution in [1.29, 1.82) is 5.26 Å². The molecule has 1 atom stereocenters. The Kier molecular flexibility index (Phi) is 10.1. The summed E-state index contributed by atoms with van der Waals surface area (Å²) in [6.07, 6.45) is 4.30. The highest BCUT2D eigenvalue weighted by atomic mass is 35.5. The van der Waals surface area contributed by atoms with E-state index in [-0.39, 0.29) is 22.7 Å². The zero-order valence-electron chi connectivity index (χ0n) is 26.4. The molecule has 0 spiro atoms. The summed E-state index contributed by atoms with van der Waals surface area (Å²) in [6.45, 7) is 6.59. The number of hydrogen-bond acceptors (Lipinski definition) is 9. The van der Waals surface area contributed by atoms with E-state index in [0.717, 1.165) is 0 Å². The van der Waals surface area contributed by atoms with Crippen LogP contribution < -0.4 is 10.6 Å². The van der Waals surface area contributed by atoms with Gasteiger partial charge < -0.3 is 20.3 Å². The number of hydrogen-bond donors (Lipinski definition) is 2. The molecule has 0 saturated carbocycles. The Hall–Kier alpha value is -3.86. The third-order valence-corrected chi connectivity index (χ3v) is 9.95. The predicted octanol–water partition coefficient (Wildman–Crippen LogP) is 10.0. The van der Waals surface area contributed by atoms with Gasteiger partial charge in [-0.05, 0) is 70.0 Å². The standard InChI is InChI=1S/C33H29Cl4FN8O2S/c1-33(2,3)48-32(47)45-8-6-20(7-9-45)46-16-26(43-44-46)30(22-13-27(36)49-31(22)37)42-19-10-21-28(41-18-4-5-25(38)23(34)11-18)17(14-39)15-40-29(21)24(35)12-19/h4-5,10-13,15-16,20,30,42H,6-9H2,1-3H3,(H,40,41)/t30-/m0/s1. The summed E-state index contributed by atoms with van der Waals surface area (Å²) in [4.78, 5) is 18.7. The van der Waals surface area contributed by atoms with Crippen LogP contribution >= 0.6 is 57.7 Å². The SMILES string of the molecule is CC(C)(C)OC(=O)N1CCC(n2cc([C@@H](Nc3cc(Cl)c4ncc(C#N)c(Nc5ccc(F)c(Cl)c5)c4c3)c3cc(Cl)sc3Cl)nn2)CC1. The molecule has 5 aromatic rings. The molecule has 1 fully saturated rings. The summed E-state index contributed by atoms with van der Waals surface area (Å²) in [5, 5.41) is 26.4. The van der Waals surface area contributed by atoms with Crippen LogP contribution in [0, 0.1) is 17.1 Å². The van der Waals surface area contributed by atoms with Crippen molar-refractivity contribution in [3.8, 4) is 6.07 Å². The number of carbonyl (C=O) groups excluding carboxylic acids is 1. The van der Waals surface area contributed by atoms with Crippen molar-refractivity contribution >= 4 is 91.8 Å². The molecule has 0 aliphatic carbocycles. The molecule has 49 heavy (non-hydrogen) atoms. The van der Waals surface area contributed by atoms with Crippen molar-refractivity contribution < 1.29 is 13.9 Å². The summed E-state index contributed by atoms with van der Waals surface area (Å²) in [5.74, 6) is -0.566. The van der Waals surface area contributed by atoms with Crippen molar-refractivity contribution in [2.24, 2.45) is 0 Å². The second-order valence-corrected chi connectivity index (χ2v) is 15.5. The third-order valence-electron chi connectivity index (χ3n) is 7.85. The maximum Gasteiger partial charge on any atom is 0.410 e. The first-order chi connectivity index (χ1) is 23.3. The lowest BCUT2D eigenvalue weighted by Gasteiger charge is -2.33. The Balaban J connectivity index is 1.32. The molecule has 1 amide bonds. The number of likely N-dealkylation sites (tertiary alicyclic amines) is 1. The summed E-state index contributed by atoms with van der Waals surface area (Å²) < 4.78 is 22.2. The Morgan fingerprint density at radius 3 is 2.49 bits per heavy atom. The number of halogens is 5. The van der Waals surface area contributed by atoms with Crippen molar-refractivity contribution in [2.45, 2.75) is 51.3 Å². The smallest absolute Gasteiger partial charge is 0.410 e. The number of anilines is 3. The molecule has 1 saturated heterocycles. The van der Waals surface area contributed by atoms with Crippen LogP contribution in [0.3, 0.4) is 0 Å². The molecule has 16 heteroatoms. The first kappa shape index (κ1) is 35.0. The summed E-state index contributed by atoms with van der Waals surface area (Å²) in [5.41, 5.74) is 2.83. The van der Waals surface area contributed by atoms with Crippen LogP contribution in [-0.2, 0) is 4.74 Å². The first-order valence-corrected chi connectivity index (χ1v) is 17.5. The average molecular weight is 763 g/mol. The van der Waals surface area contributed by atoms with E-state index in [0.29, 0.717) is 78.8 Å². The number of pyridine rings is 1. The molecule has 4 heterocycles. The van der Waals surface area contributed by atoms with E-state index < -0.39 is 17.5 Å². The fourth-order valence-corrected chi connectivity index (χ4v) is 7.53. The molecular formula is C33H29Cl4FN8O2S. The van der Waals surface area contributed by atoms with E-state index in [2.05, 4.69) is 32.0 Å². The van der Waals surface area contributed by atoms with Gasteiger partial charge in [0.1, 0.15) is 27.5 Å². The van der Waals surface area contributed by atoms with Crippen LogP contribution in [0.5, 0.6) is 0 Å². The van der Waals surface area contributed by atoms with Gasteiger partial charge in [0.2, 0.25) is 0 Å².